The molecule has 1 aromatic carbocycles. The van der Waals surface area contributed by atoms with Crippen molar-refractivity contribution in [2.75, 3.05) is 0 Å². The third kappa shape index (κ3) is 4.35. The molecule has 3 rings (SSSR count). The fourth-order valence-corrected chi connectivity index (χ4v) is 2.03. The number of nitrogens with one attached hydrogen (secondary N) is 1. The molecule has 0 spiro atoms. The first-order valence-corrected chi connectivity index (χ1v) is 7.42. The van der Waals surface area contributed by atoms with Crippen LogP contribution < -0.4 is 15.5 Å². The van der Waals surface area contributed by atoms with Crippen molar-refractivity contribution in [2.24, 2.45) is 0 Å². The predicted molar refractivity (Wildman–Crippen MR) is 85.6 cm³/mol. The predicted octanol–water partition coefficient (Wildman–Crippen LogP) is 2.88. The molecule has 0 saturated carbocycles. The van der Waals surface area contributed by atoms with Crippen molar-refractivity contribution in [3.05, 3.63) is 88.1 Å². The number of halogens is 1. The van der Waals surface area contributed by atoms with Crippen molar-refractivity contribution in [1.29, 1.82) is 0 Å². The molecule has 0 saturated heterocycles. The van der Waals surface area contributed by atoms with E-state index >= 15 is 0 Å². The van der Waals surface area contributed by atoms with Crippen LogP contribution in [0.3, 0.4) is 0 Å². The maximum atomic E-state index is 12.8. The standard InChI is InChI=1S/C18H14FNO5/c19-13-5-3-12(4-6-13)10-24-17-11-25-16(8-15(17)21)18(22)20-9-14-2-1-7-23-14/h1-8,11H,9-10H2,(H,20,22). The van der Waals surface area contributed by atoms with Gasteiger partial charge in [0.05, 0.1) is 12.8 Å². The van der Waals surface area contributed by atoms with Gasteiger partial charge in [0.1, 0.15) is 24.4 Å². The van der Waals surface area contributed by atoms with E-state index in [0.717, 1.165) is 12.3 Å². The summed E-state index contributed by atoms with van der Waals surface area (Å²) in [6.45, 7) is 0.257. The normalized spacial score (nSPS) is 10.4. The van der Waals surface area contributed by atoms with Crippen LogP contribution in [-0.2, 0) is 13.2 Å². The van der Waals surface area contributed by atoms with E-state index < -0.39 is 11.3 Å². The molecule has 0 atom stereocenters. The van der Waals surface area contributed by atoms with E-state index in [1.165, 1.54) is 18.4 Å². The molecule has 2 heterocycles. The molecule has 3 aromatic rings. The summed E-state index contributed by atoms with van der Waals surface area (Å²) in [6.07, 6.45) is 2.57. The Hall–Kier alpha value is -3.35. The summed E-state index contributed by atoms with van der Waals surface area (Å²) in [7, 11) is 0. The van der Waals surface area contributed by atoms with Crippen LogP contribution >= 0.6 is 0 Å². The summed E-state index contributed by atoms with van der Waals surface area (Å²) in [4.78, 5) is 24.0. The molecule has 128 valence electrons. The number of hydrogen-bond donors (Lipinski definition) is 1. The van der Waals surface area contributed by atoms with Crippen LogP contribution in [-0.4, -0.2) is 5.91 Å². The number of amides is 1. The van der Waals surface area contributed by atoms with Crippen molar-refractivity contribution in [1.82, 2.24) is 5.32 Å². The first-order chi connectivity index (χ1) is 12.1. The Labute approximate surface area is 141 Å². The number of hydrogen-bond acceptors (Lipinski definition) is 5. The minimum Gasteiger partial charge on any atom is -0.482 e. The fraction of sp³-hybridized carbons (Fsp3) is 0.111. The molecule has 1 N–H and O–H groups in total. The molecule has 2 aromatic heterocycles. The first-order valence-electron chi connectivity index (χ1n) is 7.42. The molecule has 0 unspecified atom stereocenters. The van der Waals surface area contributed by atoms with Gasteiger partial charge in [0.25, 0.3) is 5.91 Å². The average Bonchev–Trinajstić information content (AvgIpc) is 3.13. The molecule has 6 nitrogen and oxygen atoms in total. The van der Waals surface area contributed by atoms with Crippen molar-refractivity contribution < 1.29 is 22.8 Å². The third-order valence-electron chi connectivity index (χ3n) is 3.33. The highest BCUT2D eigenvalue weighted by atomic mass is 19.1. The maximum Gasteiger partial charge on any atom is 0.287 e. The van der Waals surface area contributed by atoms with E-state index in [4.69, 9.17) is 13.6 Å². The summed E-state index contributed by atoms with van der Waals surface area (Å²) in [6, 6.07) is 10.2. The zero-order valence-corrected chi connectivity index (χ0v) is 13.0. The zero-order valence-electron chi connectivity index (χ0n) is 13.0. The Balaban J connectivity index is 1.60. The number of furan rings is 1. The Bertz CT molecular complexity index is 900. The highest BCUT2D eigenvalue weighted by Gasteiger charge is 2.12. The molecule has 1 amide bonds. The minimum absolute atomic E-state index is 0.0353. The topological polar surface area (TPSA) is 81.7 Å². The van der Waals surface area contributed by atoms with Crippen LogP contribution in [0.2, 0.25) is 0 Å². The van der Waals surface area contributed by atoms with Crippen molar-refractivity contribution in [3.8, 4) is 5.75 Å². The van der Waals surface area contributed by atoms with E-state index in [1.54, 1.807) is 24.3 Å². The SMILES string of the molecule is O=C(NCc1ccco1)c1cc(=O)c(OCc2ccc(F)cc2)co1. The Morgan fingerprint density at radius 2 is 1.96 bits per heavy atom. The minimum atomic E-state index is -0.543. The molecular weight excluding hydrogens is 329 g/mol. The highest BCUT2D eigenvalue weighted by Crippen LogP contribution is 2.10. The summed E-state index contributed by atoms with van der Waals surface area (Å²) < 4.78 is 28.4. The number of carbonyl (C=O) groups is 1. The Kier molecular flexibility index (Phi) is 4.94. The average molecular weight is 343 g/mol. The smallest absolute Gasteiger partial charge is 0.287 e. The Morgan fingerprint density at radius 3 is 2.64 bits per heavy atom. The highest BCUT2D eigenvalue weighted by molar-refractivity contribution is 5.91. The van der Waals surface area contributed by atoms with E-state index in [2.05, 4.69) is 5.32 Å². The number of rotatable bonds is 6. The van der Waals surface area contributed by atoms with Gasteiger partial charge in [-0.25, -0.2) is 4.39 Å². The second-order valence-electron chi connectivity index (χ2n) is 5.15. The molecule has 0 bridgehead atoms. The largest absolute Gasteiger partial charge is 0.482 e. The van der Waals surface area contributed by atoms with Gasteiger partial charge in [0.2, 0.25) is 11.2 Å². The number of ether oxygens (including phenoxy) is 1. The van der Waals surface area contributed by atoms with Gasteiger partial charge in [-0.2, -0.15) is 0 Å². The van der Waals surface area contributed by atoms with Gasteiger partial charge < -0.3 is 18.9 Å². The van der Waals surface area contributed by atoms with Gasteiger partial charge in [0.15, 0.2) is 5.76 Å². The van der Waals surface area contributed by atoms with Gasteiger partial charge in [-0.15, -0.1) is 0 Å². The van der Waals surface area contributed by atoms with Crippen LogP contribution in [0.1, 0.15) is 21.9 Å². The fourth-order valence-electron chi connectivity index (χ4n) is 2.03. The molecule has 0 aliphatic rings. The first kappa shape index (κ1) is 16.5. The van der Waals surface area contributed by atoms with E-state index in [-0.39, 0.29) is 30.5 Å². The summed E-state index contributed by atoms with van der Waals surface area (Å²) in [5, 5.41) is 2.57. The molecule has 0 aliphatic heterocycles. The van der Waals surface area contributed by atoms with Crippen LogP contribution in [0.5, 0.6) is 5.75 Å². The maximum absolute atomic E-state index is 12.8. The molecule has 25 heavy (non-hydrogen) atoms. The van der Waals surface area contributed by atoms with E-state index in [1.807, 2.05) is 0 Å². The second kappa shape index (κ2) is 7.48. The van der Waals surface area contributed by atoms with E-state index in [9.17, 15) is 14.0 Å². The van der Waals surface area contributed by atoms with Crippen LogP contribution in [0.15, 0.2) is 68.6 Å². The lowest BCUT2D eigenvalue weighted by molar-refractivity contribution is 0.0916. The molecule has 0 aliphatic carbocycles. The van der Waals surface area contributed by atoms with Crippen molar-refractivity contribution in [2.45, 2.75) is 13.2 Å². The van der Waals surface area contributed by atoms with Gasteiger partial charge in [-0.3, -0.25) is 9.59 Å². The summed E-state index contributed by atoms with van der Waals surface area (Å²) >= 11 is 0. The lowest BCUT2D eigenvalue weighted by Gasteiger charge is -2.06. The summed E-state index contributed by atoms with van der Waals surface area (Å²) in [5.41, 5.74) is 0.206. The molecular formula is C18H14FNO5. The monoisotopic (exact) mass is 343 g/mol. The van der Waals surface area contributed by atoms with Crippen LogP contribution in [0, 0.1) is 5.82 Å². The molecule has 7 heteroatoms. The zero-order chi connectivity index (χ0) is 17.6. The van der Waals surface area contributed by atoms with Gasteiger partial charge in [-0.05, 0) is 29.8 Å². The summed E-state index contributed by atoms with van der Waals surface area (Å²) in [5.74, 6) is -0.487. The molecule has 0 fully saturated rings. The van der Waals surface area contributed by atoms with Gasteiger partial charge in [0, 0.05) is 6.07 Å². The van der Waals surface area contributed by atoms with Crippen molar-refractivity contribution in [3.63, 3.8) is 0 Å². The van der Waals surface area contributed by atoms with Crippen LogP contribution in [0.4, 0.5) is 4.39 Å². The lowest BCUT2D eigenvalue weighted by Crippen LogP contribution is -2.23. The van der Waals surface area contributed by atoms with Gasteiger partial charge >= 0.3 is 0 Å². The number of benzene rings is 1. The van der Waals surface area contributed by atoms with Gasteiger partial charge in [-0.1, -0.05) is 12.1 Å². The lowest BCUT2D eigenvalue weighted by atomic mass is 10.2. The molecule has 0 radical (unpaired) electrons. The second-order valence-corrected chi connectivity index (χ2v) is 5.15. The van der Waals surface area contributed by atoms with Crippen molar-refractivity contribution >= 4 is 5.91 Å². The number of carbonyl (C=O) groups excluding carboxylic acids is 1. The van der Waals surface area contributed by atoms with Crippen LogP contribution in [0.25, 0.3) is 0 Å². The Morgan fingerprint density at radius 1 is 1.16 bits per heavy atom. The quantitative estimate of drug-likeness (QED) is 0.744. The third-order valence-corrected chi connectivity index (χ3v) is 3.33. The van der Waals surface area contributed by atoms with E-state index in [0.29, 0.717) is 11.3 Å².